The smallest absolute Gasteiger partial charge is 0.320 e. The van der Waals surface area contributed by atoms with E-state index in [-0.39, 0.29) is 18.5 Å². The van der Waals surface area contributed by atoms with Gasteiger partial charge in [-0.2, -0.15) is 11.8 Å². The van der Waals surface area contributed by atoms with Crippen LogP contribution in [0, 0.1) is 0 Å². The lowest BCUT2D eigenvalue weighted by Crippen LogP contribution is -2.40. The van der Waals surface area contributed by atoms with Crippen molar-refractivity contribution in [3.8, 4) is 0 Å². The second kappa shape index (κ2) is 11.0. The number of thioether (sulfide) groups is 1. The van der Waals surface area contributed by atoms with Crippen molar-refractivity contribution in [3.63, 3.8) is 0 Å². The highest BCUT2D eigenvalue weighted by Gasteiger charge is 2.29. The zero-order chi connectivity index (χ0) is 19.8. The van der Waals surface area contributed by atoms with E-state index in [0.29, 0.717) is 31.2 Å². The van der Waals surface area contributed by atoms with Crippen LogP contribution in [0.5, 0.6) is 0 Å². The third-order valence-electron chi connectivity index (χ3n) is 5.35. The summed E-state index contributed by atoms with van der Waals surface area (Å²) in [5.74, 6) is 1.03. The van der Waals surface area contributed by atoms with Crippen molar-refractivity contribution in [2.45, 2.75) is 50.3 Å². The summed E-state index contributed by atoms with van der Waals surface area (Å²) in [6.07, 6.45) is 7.81. The lowest BCUT2D eigenvalue weighted by atomic mass is 10.0. The molecule has 0 atom stereocenters. The number of nitrogens with one attached hydrogen (secondary N) is 1. The molecule has 28 heavy (non-hydrogen) atoms. The van der Waals surface area contributed by atoms with Gasteiger partial charge in [0.25, 0.3) is 0 Å². The molecular weight excluding hydrogens is 394 g/mol. The van der Waals surface area contributed by atoms with Gasteiger partial charge >= 0.3 is 6.03 Å². The average molecular weight is 424 g/mol. The van der Waals surface area contributed by atoms with Crippen molar-refractivity contribution in [2.24, 2.45) is 0 Å². The third-order valence-corrected chi connectivity index (χ3v) is 7.07. The zero-order valence-electron chi connectivity index (χ0n) is 16.4. The molecule has 7 heteroatoms. The van der Waals surface area contributed by atoms with Gasteiger partial charge in [0.2, 0.25) is 5.91 Å². The van der Waals surface area contributed by atoms with E-state index in [9.17, 15) is 9.59 Å². The molecular formula is C21H30ClN3O2S. The van der Waals surface area contributed by atoms with Crippen LogP contribution >= 0.6 is 23.4 Å². The quantitative estimate of drug-likeness (QED) is 0.607. The first kappa shape index (κ1) is 21.3. The molecule has 1 saturated carbocycles. The minimum absolute atomic E-state index is 0.0654. The summed E-state index contributed by atoms with van der Waals surface area (Å²) in [4.78, 5) is 28.1. The van der Waals surface area contributed by atoms with Crippen LogP contribution in [-0.4, -0.2) is 58.9 Å². The van der Waals surface area contributed by atoms with Crippen molar-refractivity contribution in [1.29, 1.82) is 0 Å². The summed E-state index contributed by atoms with van der Waals surface area (Å²) in [6, 6.07) is 7.44. The lowest BCUT2D eigenvalue weighted by Gasteiger charge is -2.21. The first-order valence-corrected chi connectivity index (χ1v) is 11.7. The molecule has 1 aliphatic carbocycles. The molecule has 3 rings (SSSR count). The molecule has 0 aromatic heterocycles. The molecule has 1 aromatic rings. The number of hydrogen-bond acceptors (Lipinski definition) is 3. The fourth-order valence-electron chi connectivity index (χ4n) is 3.75. The maximum absolute atomic E-state index is 12.5. The molecule has 1 heterocycles. The number of rotatable bonds is 9. The molecule has 154 valence electrons. The number of urea groups is 1. The number of nitrogens with zero attached hydrogens (tertiary/aromatic N) is 2. The van der Waals surface area contributed by atoms with Crippen LogP contribution < -0.4 is 5.32 Å². The number of amides is 3. The highest BCUT2D eigenvalue weighted by Crippen LogP contribution is 2.28. The summed E-state index contributed by atoms with van der Waals surface area (Å²) in [7, 11) is 0. The second-order valence-electron chi connectivity index (χ2n) is 7.59. The Morgan fingerprint density at radius 3 is 2.57 bits per heavy atom. The van der Waals surface area contributed by atoms with Gasteiger partial charge in [-0.05, 0) is 42.7 Å². The number of hydrogen-bond donors (Lipinski definition) is 1. The molecule has 3 amide bonds. The molecule has 1 saturated heterocycles. The van der Waals surface area contributed by atoms with Crippen LogP contribution in [-0.2, 0) is 11.3 Å². The fraction of sp³-hybridized carbons (Fsp3) is 0.619. The normalized spacial score (nSPS) is 18.0. The van der Waals surface area contributed by atoms with Crippen molar-refractivity contribution in [2.75, 3.05) is 31.9 Å². The maximum Gasteiger partial charge on any atom is 0.320 e. The molecule has 1 N–H and O–H groups in total. The van der Waals surface area contributed by atoms with Gasteiger partial charge in [0.05, 0.1) is 0 Å². The van der Waals surface area contributed by atoms with E-state index in [1.54, 1.807) is 9.80 Å². The topological polar surface area (TPSA) is 52.7 Å². The van der Waals surface area contributed by atoms with Gasteiger partial charge < -0.3 is 15.1 Å². The Hall–Kier alpha value is -1.40. The Morgan fingerprint density at radius 1 is 1.11 bits per heavy atom. The van der Waals surface area contributed by atoms with Gasteiger partial charge in [0.15, 0.2) is 0 Å². The van der Waals surface area contributed by atoms with E-state index in [1.807, 2.05) is 24.3 Å². The fourth-order valence-corrected chi connectivity index (χ4v) is 5.18. The first-order valence-electron chi connectivity index (χ1n) is 10.3. The molecule has 1 aromatic carbocycles. The van der Waals surface area contributed by atoms with Crippen molar-refractivity contribution < 1.29 is 9.59 Å². The number of benzene rings is 1. The average Bonchev–Trinajstić information content (AvgIpc) is 3.04. The SMILES string of the molecule is O=C(CN1CCN(Cc2ccc(Cl)cc2)C1=O)NCCCSC1CCCCC1. The van der Waals surface area contributed by atoms with Crippen LogP contribution in [0.1, 0.15) is 44.1 Å². The minimum Gasteiger partial charge on any atom is -0.355 e. The molecule has 2 fully saturated rings. The molecule has 0 radical (unpaired) electrons. The molecule has 5 nitrogen and oxygen atoms in total. The van der Waals surface area contributed by atoms with Crippen molar-refractivity contribution in [3.05, 3.63) is 34.9 Å². The molecule has 2 aliphatic rings. The summed E-state index contributed by atoms with van der Waals surface area (Å²) in [6.45, 7) is 2.62. The monoisotopic (exact) mass is 423 g/mol. The van der Waals surface area contributed by atoms with E-state index in [2.05, 4.69) is 17.1 Å². The first-order chi connectivity index (χ1) is 13.6. The van der Waals surface area contributed by atoms with Gasteiger partial charge in [-0.1, -0.05) is 43.0 Å². The van der Waals surface area contributed by atoms with E-state index in [1.165, 1.54) is 32.1 Å². The van der Waals surface area contributed by atoms with Crippen molar-refractivity contribution in [1.82, 2.24) is 15.1 Å². The van der Waals surface area contributed by atoms with E-state index < -0.39 is 0 Å². The number of carbonyl (C=O) groups excluding carboxylic acids is 2. The Balaban J connectivity index is 1.30. The van der Waals surface area contributed by atoms with E-state index >= 15 is 0 Å². The van der Waals surface area contributed by atoms with Crippen LogP contribution in [0.25, 0.3) is 0 Å². The van der Waals surface area contributed by atoms with Crippen LogP contribution in [0.4, 0.5) is 4.79 Å². The second-order valence-corrected chi connectivity index (χ2v) is 9.43. The van der Waals surface area contributed by atoms with E-state index in [4.69, 9.17) is 11.6 Å². The molecule has 0 bridgehead atoms. The summed E-state index contributed by atoms with van der Waals surface area (Å²) in [5, 5.41) is 4.46. The van der Waals surface area contributed by atoms with Crippen molar-refractivity contribution >= 4 is 35.3 Å². The zero-order valence-corrected chi connectivity index (χ0v) is 17.9. The summed E-state index contributed by atoms with van der Waals surface area (Å²) < 4.78 is 0. The molecule has 0 spiro atoms. The highest BCUT2D eigenvalue weighted by molar-refractivity contribution is 7.99. The van der Waals surface area contributed by atoms with Gasteiger partial charge in [0, 0.05) is 36.5 Å². The van der Waals surface area contributed by atoms with Crippen LogP contribution in [0.2, 0.25) is 5.02 Å². The Kier molecular flexibility index (Phi) is 8.34. The number of halogens is 1. The predicted molar refractivity (Wildman–Crippen MR) is 116 cm³/mol. The number of carbonyl (C=O) groups is 2. The van der Waals surface area contributed by atoms with Crippen LogP contribution in [0.15, 0.2) is 24.3 Å². The lowest BCUT2D eigenvalue weighted by molar-refractivity contribution is -0.121. The third kappa shape index (κ3) is 6.59. The Morgan fingerprint density at radius 2 is 1.82 bits per heavy atom. The maximum atomic E-state index is 12.5. The minimum atomic E-state index is -0.0713. The summed E-state index contributed by atoms with van der Waals surface area (Å²) >= 11 is 7.96. The molecule has 1 aliphatic heterocycles. The molecule has 0 unspecified atom stereocenters. The standard InChI is InChI=1S/C21H30ClN3O2S/c22-18-9-7-17(8-10-18)15-24-12-13-25(21(24)27)16-20(26)23-11-4-14-28-19-5-2-1-3-6-19/h7-10,19H,1-6,11-16H2,(H,23,26). The van der Waals surface area contributed by atoms with Gasteiger partial charge in [0.1, 0.15) is 6.54 Å². The Labute approximate surface area is 177 Å². The Bertz CT molecular complexity index is 650. The van der Waals surface area contributed by atoms with E-state index in [0.717, 1.165) is 23.0 Å². The highest BCUT2D eigenvalue weighted by atomic mass is 35.5. The predicted octanol–water partition coefficient (Wildman–Crippen LogP) is 4.15. The summed E-state index contributed by atoms with van der Waals surface area (Å²) in [5.41, 5.74) is 1.04. The van der Waals surface area contributed by atoms with Gasteiger partial charge in [-0.15, -0.1) is 0 Å². The van der Waals surface area contributed by atoms with Crippen LogP contribution in [0.3, 0.4) is 0 Å². The van der Waals surface area contributed by atoms with Gasteiger partial charge in [-0.25, -0.2) is 4.79 Å². The van der Waals surface area contributed by atoms with Gasteiger partial charge in [-0.3, -0.25) is 4.79 Å². The largest absolute Gasteiger partial charge is 0.355 e.